The molecular formula is C20H16ClN5O. The summed E-state index contributed by atoms with van der Waals surface area (Å²) in [5.41, 5.74) is 2.95. The van der Waals surface area contributed by atoms with E-state index in [1.807, 2.05) is 18.2 Å². The molecule has 2 aromatic carbocycles. The van der Waals surface area contributed by atoms with E-state index in [0.29, 0.717) is 28.0 Å². The fourth-order valence-corrected chi connectivity index (χ4v) is 2.88. The Bertz CT molecular complexity index is 1010. The van der Waals surface area contributed by atoms with Crippen molar-refractivity contribution in [3.8, 4) is 11.8 Å². The van der Waals surface area contributed by atoms with Gasteiger partial charge in [-0.25, -0.2) is 9.48 Å². The molecule has 1 aliphatic rings. The molecular weight excluding hydrogens is 362 g/mol. The number of nitrogens with one attached hydrogen (secondary N) is 2. The minimum absolute atomic E-state index is 0.366. The summed E-state index contributed by atoms with van der Waals surface area (Å²) in [6, 6.07) is 17.6. The van der Waals surface area contributed by atoms with Crippen LogP contribution in [0.1, 0.15) is 30.0 Å². The van der Waals surface area contributed by atoms with Crippen LogP contribution >= 0.6 is 11.6 Å². The van der Waals surface area contributed by atoms with Gasteiger partial charge in [0.15, 0.2) is 0 Å². The molecule has 1 aliphatic carbocycles. The molecule has 0 bridgehead atoms. The van der Waals surface area contributed by atoms with Gasteiger partial charge in [-0.1, -0.05) is 11.6 Å². The van der Waals surface area contributed by atoms with Crippen LogP contribution in [0.3, 0.4) is 0 Å². The molecule has 27 heavy (non-hydrogen) atoms. The largest absolute Gasteiger partial charge is 0.324 e. The lowest BCUT2D eigenvalue weighted by atomic mass is 10.2. The summed E-state index contributed by atoms with van der Waals surface area (Å²) in [5.74, 6) is 1.03. The van der Waals surface area contributed by atoms with Crippen LogP contribution in [-0.2, 0) is 0 Å². The van der Waals surface area contributed by atoms with E-state index in [1.165, 1.54) is 0 Å². The Morgan fingerprint density at radius 3 is 2.44 bits per heavy atom. The molecule has 0 unspecified atom stereocenters. The Labute approximate surface area is 161 Å². The molecule has 134 valence electrons. The number of benzene rings is 2. The second-order valence-electron chi connectivity index (χ2n) is 6.39. The van der Waals surface area contributed by atoms with Gasteiger partial charge in [-0.3, -0.25) is 5.32 Å². The fraction of sp³-hybridized carbons (Fsp3) is 0.150. The Balaban J connectivity index is 1.58. The second-order valence-corrected chi connectivity index (χ2v) is 6.82. The van der Waals surface area contributed by atoms with E-state index in [1.54, 1.807) is 41.1 Å². The highest BCUT2D eigenvalue weighted by Gasteiger charge is 2.28. The molecule has 7 heteroatoms. The summed E-state index contributed by atoms with van der Waals surface area (Å²) in [7, 11) is 0. The second kappa shape index (κ2) is 7.14. The average Bonchev–Trinajstić information content (AvgIpc) is 3.45. The number of nitriles is 1. The van der Waals surface area contributed by atoms with Crippen molar-refractivity contribution in [1.82, 2.24) is 9.78 Å². The number of urea groups is 1. The van der Waals surface area contributed by atoms with Gasteiger partial charge in [0.2, 0.25) is 0 Å². The molecule has 2 amide bonds. The lowest BCUT2D eigenvalue weighted by molar-refractivity contribution is 0.262. The predicted octanol–water partition coefficient (Wildman–Crippen LogP) is 4.92. The first-order chi connectivity index (χ1) is 13.1. The lowest BCUT2D eigenvalue weighted by Gasteiger charge is -2.10. The first kappa shape index (κ1) is 17.1. The quantitative estimate of drug-likeness (QED) is 0.677. The van der Waals surface area contributed by atoms with Crippen LogP contribution in [0.25, 0.3) is 5.69 Å². The van der Waals surface area contributed by atoms with Gasteiger partial charge in [-0.05, 0) is 61.4 Å². The highest BCUT2D eigenvalue weighted by atomic mass is 35.5. The Morgan fingerprint density at radius 2 is 1.81 bits per heavy atom. The molecule has 1 aromatic heterocycles. The molecule has 6 nitrogen and oxygen atoms in total. The number of hydrogen-bond acceptors (Lipinski definition) is 3. The highest BCUT2D eigenvalue weighted by molar-refractivity contribution is 6.30. The minimum Gasteiger partial charge on any atom is -0.308 e. The maximum atomic E-state index is 12.4. The molecule has 1 heterocycles. The molecule has 2 N–H and O–H groups in total. The monoisotopic (exact) mass is 377 g/mol. The van der Waals surface area contributed by atoms with Gasteiger partial charge in [0.1, 0.15) is 5.82 Å². The third-order valence-electron chi connectivity index (χ3n) is 4.31. The predicted molar refractivity (Wildman–Crippen MR) is 104 cm³/mol. The number of aromatic nitrogens is 2. The molecule has 0 atom stereocenters. The zero-order chi connectivity index (χ0) is 18.8. The van der Waals surface area contributed by atoms with Crippen LogP contribution in [0.15, 0.2) is 54.6 Å². The summed E-state index contributed by atoms with van der Waals surface area (Å²) in [4.78, 5) is 12.4. The third-order valence-corrected chi connectivity index (χ3v) is 4.56. The van der Waals surface area contributed by atoms with Crippen LogP contribution in [0.2, 0.25) is 5.02 Å². The van der Waals surface area contributed by atoms with Crippen molar-refractivity contribution in [1.29, 1.82) is 5.26 Å². The standard InChI is InChI=1S/C20H16ClN5O/c21-15-5-7-16(8-6-15)23-20(27)24-19-11-18(14-3-4-14)25-26(19)17-9-1-13(12-22)2-10-17/h1-2,5-11,14H,3-4H2,(H2,23,24,27). The zero-order valence-corrected chi connectivity index (χ0v) is 15.1. The van der Waals surface area contributed by atoms with Crippen LogP contribution in [0, 0.1) is 11.3 Å². The maximum absolute atomic E-state index is 12.4. The van der Waals surface area contributed by atoms with Gasteiger partial charge in [0.05, 0.1) is 23.0 Å². The zero-order valence-electron chi connectivity index (χ0n) is 14.3. The molecule has 0 spiro atoms. The molecule has 0 aliphatic heterocycles. The van der Waals surface area contributed by atoms with Crippen molar-refractivity contribution in [3.63, 3.8) is 0 Å². The van der Waals surface area contributed by atoms with Crippen LogP contribution in [-0.4, -0.2) is 15.8 Å². The lowest BCUT2D eigenvalue weighted by Crippen LogP contribution is -2.21. The molecule has 0 radical (unpaired) electrons. The molecule has 4 rings (SSSR count). The molecule has 0 saturated heterocycles. The number of halogens is 1. The summed E-state index contributed by atoms with van der Waals surface area (Å²) in [6.45, 7) is 0. The normalized spacial score (nSPS) is 13.0. The van der Waals surface area contributed by atoms with Crippen molar-refractivity contribution < 1.29 is 4.79 Å². The van der Waals surface area contributed by atoms with E-state index >= 15 is 0 Å². The van der Waals surface area contributed by atoms with Crippen molar-refractivity contribution in [3.05, 3.63) is 70.9 Å². The smallest absolute Gasteiger partial charge is 0.308 e. The summed E-state index contributed by atoms with van der Waals surface area (Å²) in [6.07, 6.45) is 2.22. The SMILES string of the molecule is N#Cc1ccc(-n2nc(C3CC3)cc2NC(=O)Nc2ccc(Cl)cc2)cc1. The van der Waals surface area contributed by atoms with Gasteiger partial charge >= 0.3 is 6.03 Å². The van der Waals surface area contributed by atoms with E-state index in [4.69, 9.17) is 16.9 Å². The molecule has 1 saturated carbocycles. The minimum atomic E-state index is -0.366. The van der Waals surface area contributed by atoms with E-state index in [2.05, 4.69) is 21.8 Å². The van der Waals surface area contributed by atoms with Crippen molar-refractivity contribution >= 4 is 29.1 Å². The number of rotatable bonds is 4. The van der Waals surface area contributed by atoms with Crippen LogP contribution < -0.4 is 10.6 Å². The van der Waals surface area contributed by atoms with E-state index in [-0.39, 0.29) is 6.03 Å². The number of carbonyl (C=O) groups excluding carboxylic acids is 1. The number of nitrogens with zero attached hydrogens (tertiary/aromatic N) is 3. The Morgan fingerprint density at radius 1 is 1.11 bits per heavy atom. The van der Waals surface area contributed by atoms with Crippen LogP contribution in [0.4, 0.5) is 16.3 Å². The summed E-state index contributed by atoms with van der Waals surface area (Å²) in [5, 5.41) is 19.9. The summed E-state index contributed by atoms with van der Waals surface area (Å²) < 4.78 is 1.69. The van der Waals surface area contributed by atoms with Crippen LogP contribution in [0.5, 0.6) is 0 Å². The first-order valence-corrected chi connectivity index (χ1v) is 8.94. The molecule has 1 fully saturated rings. The number of carbonyl (C=O) groups is 1. The summed E-state index contributed by atoms with van der Waals surface area (Å²) >= 11 is 5.87. The first-order valence-electron chi connectivity index (χ1n) is 8.56. The third kappa shape index (κ3) is 3.94. The van der Waals surface area contributed by atoms with Crippen molar-refractivity contribution in [2.24, 2.45) is 0 Å². The van der Waals surface area contributed by atoms with E-state index in [0.717, 1.165) is 24.2 Å². The van der Waals surface area contributed by atoms with Gasteiger partial charge in [0, 0.05) is 22.7 Å². The van der Waals surface area contributed by atoms with Gasteiger partial charge in [0.25, 0.3) is 0 Å². The number of amides is 2. The van der Waals surface area contributed by atoms with Crippen molar-refractivity contribution in [2.45, 2.75) is 18.8 Å². The van der Waals surface area contributed by atoms with Gasteiger partial charge < -0.3 is 5.32 Å². The number of anilines is 2. The highest BCUT2D eigenvalue weighted by Crippen LogP contribution is 2.40. The van der Waals surface area contributed by atoms with E-state index < -0.39 is 0 Å². The van der Waals surface area contributed by atoms with Gasteiger partial charge in [-0.15, -0.1) is 0 Å². The average molecular weight is 378 g/mol. The van der Waals surface area contributed by atoms with Crippen molar-refractivity contribution in [2.75, 3.05) is 10.6 Å². The van der Waals surface area contributed by atoms with E-state index in [9.17, 15) is 4.79 Å². The number of hydrogen-bond donors (Lipinski definition) is 2. The maximum Gasteiger partial charge on any atom is 0.324 e. The topological polar surface area (TPSA) is 82.7 Å². The Hall–Kier alpha value is -3.30. The molecule has 3 aromatic rings. The van der Waals surface area contributed by atoms with Gasteiger partial charge in [-0.2, -0.15) is 10.4 Å². The fourth-order valence-electron chi connectivity index (χ4n) is 2.75. The Kier molecular flexibility index (Phi) is 4.53.